The smallest absolute Gasteiger partial charge is 0.326 e. The Bertz CT molecular complexity index is 1090. The van der Waals surface area contributed by atoms with E-state index in [4.69, 9.17) is 21.4 Å². The summed E-state index contributed by atoms with van der Waals surface area (Å²) in [7, 11) is 0. The van der Waals surface area contributed by atoms with Gasteiger partial charge in [-0.2, -0.15) is 0 Å². The molecule has 1 unspecified atom stereocenters. The van der Waals surface area contributed by atoms with Crippen LogP contribution in [0.2, 0.25) is 0 Å². The molecule has 0 aliphatic carbocycles. The van der Waals surface area contributed by atoms with Crippen LogP contribution in [0.15, 0.2) is 63.2 Å². The summed E-state index contributed by atoms with van der Waals surface area (Å²) in [4.78, 5) is 27.0. The minimum atomic E-state index is -0.666. The van der Waals surface area contributed by atoms with E-state index < -0.39 is 16.8 Å². The Morgan fingerprint density at radius 2 is 2.11 bits per heavy atom. The van der Waals surface area contributed by atoms with Gasteiger partial charge in [-0.1, -0.05) is 24.4 Å². The quantitative estimate of drug-likeness (QED) is 0.344. The number of esters is 1. The van der Waals surface area contributed by atoms with Crippen molar-refractivity contribution in [1.82, 2.24) is 0 Å². The third kappa shape index (κ3) is 3.11. The number of nitro groups is 1. The van der Waals surface area contributed by atoms with Gasteiger partial charge in [-0.05, 0) is 25.1 Å². The predicted octanol–water partition coefficient (Wildman–Crippen LogP) is 4.10. The summed E-state index contributed by atoms with van der Waals surface area (Å²) in [5, 5.41) is 10.9. The molecular weight excluding hydrogens is 368 g/mol. The van der Waals surface area contributed by atoms with Crippen molar-refractivity contribution in [1.29, 1.82) is 0 Å². The summed E-state index contributed by atoms with van der Waals surface area (Å²) < 4.78 is 11.1. The van der Waals surface area contributed by atoms with Crippen LogP contribution in [0.4, 0.5) is 5.69 Å². The lowest BCUT2D eigenvalue weighted by atomic mass is 9.96. The molecule has 7 nitrogen and oxygen atoms in total. The van der Waals surface area contributed by atoms with Crippen LogP contribution in [-0.4, -0.2) is 21.6 Å². The molecule has 1 saturated heterocycles. The molecule has 2 aliphatic rings. The Morgan fingerprint density at radius 1 is 1.30 bits per heavy atom. The average Bonchev–Trinajstić information content (AvgIpc) is 3.20. The van der Waals surface area contributed by atoms with Crippen LogP contribution in [0.3, 0.4) is 0 Å². The van der Waals surface area contributed by atoms with Crippen LogP contribution >= 0.6 is 12.2 Å². The second-order valence-corrected chi connectivity index (χ2v) is 6.48. The van der Waals surface area contributed by atoms with Crippen molar-refractivity contribution in [2.24, 2.45) is 10.9 Å². The first kappa shape index (κ1) is 17.0. The second kappa shape index (κ2) is 6.40. The maximum atomic E-state index is 12.1. The number of nitrogens with zero attached hydrogens (tertiary/aromatic N) is 2. The highest BCUT2D eigenvalue weighted by Gasteiger charge is 2.41. The summed E-state index contributed by atoms with van der Waals surface area (Å²) in [5.41, 5.74) is 1.92. The fourth-order valence-corrected chi connectivity index (χ4v) is 3.35. The fraction of sp³-hybridized carbons (Fsp3) is 0.105. The number of allylic oxidation sites excluding steroid dienone is 2. The SMILES string of the molecule is CC1=NC(=S)C2C(=O)O/C(=C/c3ccc(-c4cccc([N+](=O)[O-])c4)o3)C2=C1. The number of carbonyl (C=O) groups excluding carboxylic acids is 1. The molecule has 0 bridgehead atoms. The number of furan rings is 1. The number of thiocarbonyl (C=S) groups is 1. The topological polar surface area (TPSA) is 94.9 Å². The summed E-state index contributed by atoms with van der Waals surface area (Å²) in [6.45, 7) is 1.79. The molecule has 1 aromatic carbocycles. The number of benzene rings is 1. The number of carbonyl (C=O) groups is 1. The number of cyclic esters (lactones) is 1. The number of fused-ring (bicyclic) bond motifs is 1. The van der Waals surface area contributed by atoms with Crippen LogP contribution in [-0.2, 0) is 9.53 Å². The molecule has 2 aliphatic heterocycles. The summed E-state index contributed by atoms with van der Waals surface area (Å²) in [6.07, 6.45) is 3.37. The zero-order valence-electron chi connectivity index (χ0n) is 14.0. The Balaban J connectivity index is 1.67. The van der Waals surface area contributed by atoms with Gasteiger partial charge in [0.1, 0.15) is 28.2 Å². The van der Waals surface area contributed by atoms with Gasteiger partial charge in [0.05, 0.1) is 4.92 Å². The summed E-state index contributed by atoms with van der Waals surface area (Å²) in [6, 6.07) is 9.56. The van der Waals surface area contributed by atoms with E-state index >= 15 is 0 Å². The van der Waals surface area contributed by atoms with Gasteiger partial charge in [-0.3, -0.25) is 14.9 Å². The molecule has 1 fully saturated rings. The highest BCUT2D eigenvalue weighted by atomic mass is 32.1. The third-order valence-corrected chi connectivity index (χ3v) is 4.51. The van der Waals surface area contributed by atoms with Crippen molar-refractivity contribution in [3.8, 4) is 11.3 Å². The van der Waals surface area contributed by atoms with E-state index in [-0.39, 0.29) is 10.7 Å². The molecule has 0 N–H and O–H groups in total. The minimum Gasteiger partial charge on any atom is -0.457 e. The van der Waals surface area contributed by atoms with Crippen molar-refractivity contribution in [3.63, 3.8) is 0 Å². The average molecular weight is 380 g/mol. The number of dihydropyridines is 1. The van der Waals surface area contributed by atoms with Gasteiger partial charge in [0.25, 0.3) is 5.69 Å². The van der Waals surface area contributed by atoms with E-state index in [0.29, 0.717) is 34.1 Å². The van der Waals surface area contributed by atoms with Crippen LogP contribution in [0.1, 0.15) is 12.7 Å². The van der Waals surface area contributed by atoms with Gasteiger partial charge in [0.2, 0.25) is 0 Å². The molecule has 8 heteroatoms. The number of non-ortho nitro benzene ring substituents is 1. The van der Waals surface area contributed by atoms with Crippen molar-refractivity contribution in [2.75, 3.05) is 0 Å². The number of hydrogen-bond acceptors (Lipinski definition) is 6. The molecule has 0 radical (unpaired) electrons. The first-order valence-corrected chi connectivity index (χ1v) is 8.42. The van der Waals surface area contributed by atoms with Gasteiger partial charge in [0.15, 0.2) is 0 Å². The Kier molecular flexibility index (Phi) is 4.04. The van der Waals surface area contributed by atoms with Crippen LogP contribution < -0.4 is 0 Å². The number of rotatable bonds is 3. The lowest BCUT2D eigenvalue weighted by molar-refractivity contribution is -0.384. The molecular formula is C19H12N2O5S. The molecule has 0 spiro atoms. The fourth-order valence-electron chi connectivity index (χ4n) is 2.98. The van der Waals surface area contributed by atoms with E-state index in [0.717, 1.165) is 0 Å². The highest BCUT2D eigenvalue weighted by Crippen LogP contribution is 2.36. The normalized spacial score (nSPS) is 20.2. The molecule has 3 heterocycles. The Hall–Kier alpha value is -3.39. The van der Waals surface area contributed by atoms with Gasteiger partial charge >= 0.3 is 5.97 Å². The van der Waals surface area contributed by atoms with Crippen molar-refractivity contribution in [3.05, 3.63) is 69.7 Å². The van der Waals surface area contributed by atoms with Crippen molar-refractivity contribution >= 4 is 40.7 Å². The molecule has 1 atom stereocenters. The van der Waals surface area contributed by atoms with Crippen LogP contribution in [0, 0.1) is 16.0 Å². The van der Waals surface area contributed by atoms with Gasteiger partial charge in [-0.15, -0.1) is 0 Å². The molecule has 27 heavy (non-hydrogen) atoms. The number of hydrogen-bond donors (Lipinski definition) is 0. The van der Waals surface area contributed by atoms with E-state index in [1.54, 1.807) is 43.3 Å². The van der Waals surface area contributed by atoms with E-state index in [9.17, 15) is 14.9 Å². The summed E-state index contributed by atoms with van der Waals surface area (Å²) >= 11 is 5.18. The number of nitro benzene ring substituents is 1. The van der Waals surface area contributed by atoms with Crippen LogP contribution in [0.25, 0.3) is 17.4 Å². The maximum absolute atomic E-state index is 12.1. The maximum Gasteiger partial charge on any atom is 0.326 e. The van der Waals surface area contributed by atoms with Crippen LogP contribution in [0.5, 0.6) is 0 Å². The number of ether oxygens (including phenoxy) is 1. The Morgan fingerprint density at radius 3 is 2.89 bits per heavy atom. The Labute approximate surface area is 158 Å². The third-order valence-electron chi connectivity index (χ3n) is 4.18. The molecule has 4 rings (SSSR count). The molecule has 134 valence electrons. The van der Waals surface area contributed by atoms with Gasteiger partial charge in [-0.25, -0.2) is 4.99 Å². The first-order chi connectivity index (χ1) is 12.9. The monoisotopic (exact) mass is 380 g/mol. The molecule has 0 amide bonds. The molecule has 1 aromatic heterocycles. The van der Waals surface area contributed by atoms with Gasteiger partial charge < -0.3 is 9.15 Å². The van der Waals surface area contributed by atoms with Crippen molar-refractivity contribution < 1.29 is 18.9 Å². The van der Waals surface area contributed by atoms with E-state index in [1.165, 1.54) is 12.1 Å². The highest BCUT2D eigenvalue weighted by molar-refractivity contribution is 7.80. The first-order valence-electron chi connectivity index (χ1n) is 8.01. The second-order valence-electron chi connectivity index (χ2n) is 6.06. The van der Waals surface area contributed by atoms with E-state index in [1.807, 2.05) is 0 Å². The zero-order valence-corrected chi connectivity index (χ0v) is 14.9. The molecule has 0 saturated carbocycles. The number of aliphatic imine (C=N–C) groups is 1. The lowest BCUT2D eigenvalue weighted by Crippen LogP contribution is -2.21. The van der Waals surface area contributed by atoms with Crippen molar-refractivity contribution in [2.45, 2.75) is 6.92 Å². The van der Waals surface area contributed by atoms with E-state index in [2.05, 4.69) is 4.99 Å². The zero-order chi connectivity index (χ0) is 19.1. The molecule has 2 aromatic rings. The largest absolute Gasteiger partial charge is 0.457 e. The minimum absolute atomic E-state index is 0.0213. The van der Waals surface area contributed by atoms with Gasteiger partial charge in [0, 0.05) is 35.1 Å². The predicted molar refractivity (Wildman–Crippen MR) is 102 cm³/mol. The summed E-state index contributed by atoms with van der Waals surface area (Å²) in [5.74, 6) is 0.158. The lowest BCUT2D eigenvalue weighted by Gasteiger charge is -2.11. The standard InChI is InChI=1S/C19H12N2O5S/c1-10-7-14-16(26-19(22)17(14)18(27)20-10)9-13-5-6-15(25-13)11-3-2-4-12(8-11)21(23)24/h2-9,17H,1H3/b16-9+.